The van der Waals surface area contributed by atoms with Crippen LogP contribution in [0.5, 0.6) is 0 Å². The van der Waals surface area contributed by atoms with Gasteiger partial charge in [0.15, 0.2) is 5.65 Å². The topological polar surface area (TPSA) is 56.6 Å². The Kier molecular flexibility index (Phi) is 4.24. The molecule has 0 aliphatic heterocycles. The first-order valence-electron chi connectivity index (χ1n) is 9.82. The lowest BCUT2D eigenvalue weighted by molar-refractivity contribution is 0.578. The van der Waals surface area contributed by atoms with Crippen molar-refractivity contribution in [3.63, 3.8) is 0 Å². The van der Waals surface area contributed by atoms with Gasteiger partial charge in [-0.2, -0.15) is 5.10 Å². The van der Waals surface area contributed by atoms with Crippen LogP contribution in [-0.4, -0.2) is 23.8 Å². The first-order valence-corrected chi connectivity index (χ1v) is 9.82. The van der Waals surface area contributed by atoms with E-state index >= 15 is 0 Å². The maximum Gasteiger partial charge on any atom is 0.350 e. The fraction of sp³-hybridized carbons (Fsp3) is 0.174. The average molecular weight is 401 g/mol. The van der Waals surface area contributed by atoms with Crippen molar-refractivity contribution in [1.82, 2.24) is 23.8 Å². The number of halogens is 1. The molecule has 30 heavy (non-hydrogen) atoms. The summed E-state index contributed by atoms with van der Waals surface area (Å²) >= 11 is 0. The maximum atomic E-state index is 14.0. The molecule has 3 heterocycles. The van der Waals surface area contributed by atoms with Gasteiger partial charge in [-0.3, -0.25) is 0 Å². The molecule has 0 aliphatic carbocycles. The van der Waals surface area contributed by atoms with E-state index in [1.54, 1.807) is 35.1 Å². The monoisotopic (exact) mass is 401 g/mol. The van der Waals surface area contributed by atoms with Crippen LogP contribution in [0.15, 0.2) is 71.8 Å². The first kappa shape index (κ1) is 18.3. The van der Waals surface area contributed by atoms with Crippen molar-refractivity contribution in [1.29, 1.82) is 0 Å². The molecule has 0 atom stereocenters. The SMILES string of the molecule is CC(C)c1ccc(-c2cc3c4nn(Cc5ccccc5F)c(=O)n4ccn3n2)cc1. The van der Waals surface area contributed by atoms with Gasteiger partial charge < -0.3 is 0 Å². The molecule has 3 aromatic heterocycles. The normalized spacial score (nSPS) is 11.7. The number of fused-ring (bicyclic) bond motifs is 3. The Bertz CT molecular complexity index is 1430. The smallest absolute Gasteiger partial charge is 0.247 e. The highest BCUT2D eigenvalue weighted by atomic mass is 19.1. The van der Waals surface area contributed by atoms with Crippen LogP contribution in [0.4, 0.5) is 4.39 Å². The Hall–Kier alpha value is -3.74. The minimum Gasteiger partial charge on any atom is -0.247 e. The summed E-state index contributed by atoms with van der Waals surface area (Å²) in [6, 6.07) is 16.6. The molecule has 0 fully saturated rings. The summed E-state index contributed by atoms with van der Waals surface area (Å²) in [4.78, 5) is 12.8. The molecule has 0 spiro atoms. The fourth-order valence-corrected chi connectivity index (χ4v) is 3.60. The summed E-state index contributed by atoms with van der Waals surface area (Å²) in [6.45, 7) is 4.38. The van der Waals surface area contributed by atoms with Gasteiger partial charge in [0.05, 0.1) is 12.2 Å². The number of nitrogens with zero attached hydrogens (tertiary/aromatic N) is 5. The molecule has 0 N–H and O–H groups in total. The summed E-state index contributed by atoms with van der Waals surface area (Å²) < 4.78 is 18.5. The molecule has 6 nitrogen and oxygen atoms in total. The van der Waals surface area contributed by atoms with Gasteiger partial charge >= 0.3 is 5.69 Å². The number of hydrogen-bond acceptors (Lipinski definition) is 3. The van der Waals surface area contributed by atoms with Crippen LogP contribution in [0.1, 0.15) is 30.9 Å². The van der Waals surface area contributed by atoms with E-state index in [2.05, 4.69) is 48.3 Å². The third-order valence-electron chi connectivity index (χ3n) is 5.34. The molecular formula is C23H20FN5O. The third-order valence-corrected chi connectivity index (χ3v) is 5.34. The zero-order chi connectivity index (χ0) is 20.8. The summed E-state index contributed by atoms with van der Waals surface area (Å²) in [5, 5.41) is 9.10. The quantitative estimate of drug-likeness (QED) is 0.455. The van der Waals surface area contributed by atoms with Crippen molar-refractivity contribution in [2.24, 2.45) is 0 Å². The molecule has 0 saturated carbocycles. The number of rotatable bonds is 4. The Morgan fingerprint density at radius 1 is 1.00 bits per heavy atom. The lowest BCUT2D eigenvalue weighted by atomic mass is 10.0. The largest absolute Gasteiger partial charge is 0.350 e. The van der Waals surface area contributed by atoms with Crippen molar-refractivity contribution >= 4 is 11.2 Å². The zero-order valence-electron chi connectivity index (χ0n) is 16.7. The molecule has 0 bridgehead atoms. The molecule has 0 amide bonds. The first-order chi connectivity index (χ1) is 14.5. The van der Waals surface area contributed by atoms with E-state index in [9.17, 15) is 9.18 Å². The van der Waals surface area contributed by atoms with Crippen LogP contribution in [0.2, 0.25) is 0 Å². The van der Waals surface area contributed by atoms with Gasteiger partial charge in [-0.15, -0.1) is 5.10 Å². The van der Waals surface area contributed by atoms with Crippen molar-refractivity contribution < 1.29 is 4.39 Å². The van der Waals surface area contributed by atoms with Gasteiger partial charge in [0.2, 0.25) is 0 Å². The lowest BCUT2D eigenvalue weighted by Gasteiger charge is -2.05. The van der Waals surface area contributed by atoms with Crippen molar-refractivity contribution in [3.8, 4) is 11.3 Å². The Morgan fingerprint density at radius 3 is 2.50 bits per heavy atom. The second-order valence-corrected chi connectivity index (χ2v) is 7.66. The van der Waals surface area contributed by atoms with Gasteiger partial charge in [0.25, 0.3) is 0 Å². The van der Waals surface area contributed by atoms with Gasteiger partial charge in [0.1, 0.15) is 11.3 Å². The average Bonchev–Trinajstić information content (AvgIpc) is 3.31. The third kappa shape index (κ3) is 2.99. The Morgan fingerprint density at radius 2 is 1.77 bits per heavy atom. The Balaban J connectivity index is 1.60. The van der Waals surface area contributed by atoms with Crippen molar-refractivity contribution in [2.75, 3.05) is 0 Å². The van der Waals surface area contributed by atoms with Crippen LogP contribution in [0.25, 0.3) is 22.4 Å². The van der Waals surface area contributed by atoms with E-state index in [1.165, 1.54) is 20.7 Å². The molecule has 5 aromatic rings. The summed E-state index contributed by atoms with van der Waals surface area (Å²) in [5.41, 5.74) is 4.35. The minimum absolute atomic E-state index is 0.0665. The van der Waals surface area contributed by atoms with E-state index in [4.69, 9.17) is 0 Å². The van der Waals surface area contributed by atoms with Gasteiger partial charge in [-0.1, -0.05) is 56.3 Å². The second-order valence-electron chi connectivity index (χ2n) is 7.66. The maximum absolute atomic E-state index is 14.0. The minimum atomic E-state index is -0.358. The van der Waals surface area contributed by atoms with Gasteiger partial charge in [0, 0.05) is 23.5 Å². The molecular weight excluding hydrogens is 381 g/mol. The van der Waals surface area contributed by atoms with Crippen LogP contribution in [0.3, 0.4) is 0 Å². The van der Waals surface area contributed by atoms with E-state index in [0.717, 1.165) is 11.3 Å². The highest BCUT2D eigenvalue weighted by Crippen LogP contribution is 2.24. The van der Waals surface area contributed by atoms with Crippen molar-refractivity contribution in [2.45, 2.75) is 26.3 Å². The zero-order valence-corrected chi connectivity index (χ0v) is 16.7. The standard InChI is InChI=1S/C23H20FN5O/c1-15(2)16-7-9-17(10-8-16)20-13-21-22-26-29(14-18-5-3-4-6-19(18)24)23(30)27(22)11-12-28(21)25-20/h3-13,15H,14H2,1-2H3. The summed E-state index contributed by atoms with van der Waals surface area (Å²) in [5.74, 6) is 0.105. The summed E-state index contributed by atoms with van der Waals surface area (Å²) in [7, 11) is 0. The molecule has 7 heteroatoms. The van der Waals surface area contributed by atoms with Crippen LogP contribution in [0, 0.1) is 5.82 Å². The Labute approximate surface area is 171 Å². The molecule has 0 aliphatic rings. The van der Waals surface area contributed by atoms with E-state index in [0.29, 0.717) is 22.6 Å². The molecule has 5 rings (SSSR count). The van der Waals surface area contributed by atoms with E-state index in [1.807, 2.05) is 6.07 Å². The second kappa shape index (κ2) is 6.95. The molecule has 0 radical (unpaired) electrons. The van der Waals surface area contributed by atoms with Gasteiger partial charge in [-0.05, 0) is 23.6 Å². The van der Waals surface area contributed by atoms with Crippen LogP contribution in [-0.2, 0) is 6.54 Å². The van der Waals surface area contributed by atoms with E-state index in [-0.39, 0.29) is 18.1 Å². The number of benzene rings is 2. The predicted octanol–water partition coefficient (Wildman–Crippen LogP) is 4.12. The molecule has 0 unspecified atom stereocenters. The van der Waals surface area contributed by atoms with E-state index < -0.39 is 0 Å². The van der Waals surface area contributed by atoms with Gasteiger partial charge in [-0.25, -0.2) is 22.8 Å². The molecule has 0 saturated heterocycles. The van der Waals surface area contributed by atoms with Crippen molar-refractivity contribution in [3.05, 3.63) is 94.4 Å². The highest BCUT2D eigenvalue weighted by Gasteiger charge is 2.14. The molecule has 150 valence electrons. The predicted molar refractivity (Wildman–Crippen MR) is 113 cm³/mol. The number of hydrogen-bond donors (Lipinski definition) is 0. The lowest BCUT2D eigenvalue weighted by Crippen LogP contribution is -2.22. The highest BCUT2D eigenvalue weighted by molar-refractivity contribution is 5.76. The number of aromatic nitrogens is 5. The fourth-order valence-electron chi connectivity index (χ4n) is 3.60. The molecule has 2 aromatic carbocycles. The summed E-state index contributed by atoms with van der Waals surface area (Å²) in [6.07, 6.45) is 3.36. The van der Waals surface area contributed by atoms with Crippen LogP contribution < -0.4 is 5.69 Å². The van der Waals surface area contributed by atoms with Crippen LogP contribution >= 0.6 is 0 Å².